The van der Waals surface area contributed by atoms with E-state index in [-0.39, 0.29) is 23.0 Å². The Morgan fingerprint density at radius 3 is 2.54 bits per heavy atom. The fraction of sp³-hybridized carbons (Fsp3) is 0.500. The number of aromatic nitrogens is 3. The van der Waals surface area contributed by atoms with Crippen LogP contribution < -0.4 is 15.1 Å². The van der Waals surface area contributed by atoms with Crippen LogP contribution in [0.1, 0.15) is 50.4 Å². The molecule has 0 aromatic carbocycles. The van der Waals surface area contributed by atoms with E-state index in [4.69, 9.17) is 4.74 Å². The molecule has 13 heteroatoms. The number of carbonyl (C=O) groups excluding carboxylic acids is 2. The van der Waals surface area contributed by atoms with Crippen LogP contribution in [0.25, 0.3) is 5.65 Å². The van der Waals surface area contributed by atoms with Crippen molar-refractivity contribution in [2.45, 2.75) is 64.3 Å². The molecule has 3 aromatic heterocycles. The highest BCUT2D eigenvalue weighted by Crippen LogP contribution is 2.47. The van der Waals surface area contributed by atoms with Crippen LogP contribution in [0.2, 0.25) is 0 Å². The number of hydrogen-bond donors (Lipinski definition) is 1. The summed E-state index contributed by atoms with van der Waals surface area (Å²) in [6, 6.07) is 2.26. The maximum atomic E-state index is 13.7. The Morgan fingerprint density at radius 2 is 1.85 bits per heavy atom. The van der Waals surface area contributed by atoms with E-state index in [1.807, 2.05) is 31.7 Å². The number of nitrogens with one attached hydrogen (secondary N) is 1. The van der Waals surface area contributed by atoms with Crippen LogP contribution in [0.3, 0.4) is 0 Å². The zero-order valence-electron chi connectivity index (χ0n) is 23.4. The second-order valence-electron chi connectivity index (χ2n) is 12.0. The number of hydrogen-bond acceptors (Lipinski definition) is 6. The molecule has 218 valence electrons. The predicted molar refractivity (Wildman–Crippen MR) is 146 cm³/mol. The van der Waals surface area contributed by atoms with Gasteiger partial charge in [0, 0.05) is 56.0 Å². The van der Waals surface area contributed by atoms with Gasteiger partial charge < -0.3 is 19.4 Å². The molecule has 1 saturated heterocycles. The molecule has 3 aromatic rings. The van der Waals surface area contributed by atoms with Crippen molar-refractivity contribution < 1.29 is 27.5 Å². The van der Waals surface area contributed by atoms with E-state index >= 15 is 0 Å². The van der Waals surface area contributed by atoms with E-state index in [0.29, 0.717) is 44.1 Å². The molecule has 1 N–H and O–H groups in total. The Kier molecular flexibility index (Phi) is 6.12. The molecule has 1 spiro atoms. The fourth-order valence-corrected chi connectivity index (χ4v) is 5.81. The maximum absolute atomic E-state index is 13.7. The van der Waals surface area contributed by atoms with Gasteiger partial charge in [0.1, 0.15) is 22.6 Å². The molecule has 3 amide bonds. The third-order valence-corrected chi connectivity index (χ3v) is 7.76. The van der Waals surface area contributed by atoms with Gasteiger partial charge >= 0.3 is 18.3 Å². The molecule has 1 saturated carbocycles. The summed E-state index contributed by atoms with van der Waals surface area (Å²) in [5.74, 6) is 0.481. The van der Waals surface area contributed by atoms with Crippen molar-refractivity contribution in [1.29, 1.82) is 0 Å². The largest absolute Gasteiger partial charge is 0.444 e. The smallest absolute Gasteiger partial charge is 0.420 e. The Hall–Kier alpha value is -4.03. The number of aryl methyl sites for hydroxylation is 1. The normalized spacial score (nSPS) is 18.2. The minimum absolute atomic E-state index is 0.00534. The van der Waals surface area contributed by atoms with Crippen LogP contribution in [0, 0.1) is 6.92 Å². The van der Waals surface area contributed by atoms with Gasteiger partial charge in [-0.15, -0.1) is 0 Å². The lowest BCUT2D eigenvalue weighted by Crippen LogP contribution is -2.58. The minimum Gasteiger partial charge on any atom is -0.444 e. The first kappa shape index (κ1) is 27.2. The summed E-state index contributed by atoms with van der Waals surface area (Å²) in [5, 5.41) is 2.62. The molecule has 0 radical (unpaired) electrons. The summed E-state index contributed by atoms with van der Waals surface area (Å²) in [7, 11) is 0. The van der Waals surface area contributed by atoms with Crippen LogP contribution in [0.4, 0.5) is 40.0 Å². The molecule has 2 fully saturated rings. The van der Waals surface area contributed by atoms with Gasteiger partial charge in [0.05, 0.1) is 16.9 Å². The summed E-state index contributed by atoms with van der Waals surface area (Å²) in [6.45, 7) is 9.30. The number of anilines is 3. The Morgan fingerprint density at radius 1 is 1.10 bits per heavy atom. The number of alkyl halides is 3. The van der Waals surface area contributed by atoms with E-state index in [1.165, 1.54) is 21.7 Å². The first-order chi connectivity index (χ1) is 19.2. The van der Waals surface area contributed by atoms with Crippen molar-refractivity contribution >= 4 is 35.0 Å². The van der Waals surface area contributed by atoms with Crippen molar-refractivity contribution in [3.63, 3.8) is 0 Å². The quantitative estimate of drug-likeness (QED) is 0.452. The zero-order chi connectivity index (χ0) is 29.3. The highest BCUT2D eigenvalue weighted by molar-refractivity contribution is 6.03. The third kappa shape index (κ3) is 5.02. The summed E-state index contributed by atoms with van der Waals surface area (Å²) < 4.78 is 48.2. The average Bonchev–Trinajstić information content (AvgIpc) is 3.30. The van der Waals surface area contributed by atoms with E-state index < -0.39 is 23.4 Å². The van der Waals surface area contributed by atoms with Gasteiger partial charge in [0.15, 0.2) is 0 Å². The number of pyridine rings is 2. The lowest BCUT2D eigenvalue weighted by molar-refractivity contribution is -0.136. The molecule has 6 rings (SSSR count). The number of fused-ring (bicyclic) bond motifs is 2. The van der Waals surface area contributed by atoms with E-state index in [2.05, 4.69) is 20.2 Å². The fourth-order valence-electron chi connectivity index (χ4n) is 5.81. The lowest BCUT2D eigenvalue weighted by Gasteiger charge is -2.43. The standard InChI is InChI=1S/C28H32F3N7O3/c1-17-14-36-15-18(13-20(23(36)33-17)28(29,30)31)34-24(39)37-10-6-19-21(5-9-32-22(19)37)35-11-12-38(27(16-35)7-8-27)25(40)41-26(2,3)4/h5,9,13-15H,6-8,10-12,16H2,1-4H3,(H,34,39). The molecule has 10 nitrogen and oxygen atoms in total. The van der Waals surface area contributed by atoms with E-state index in [9.17, 15) is 22.8 Å². The second kappa shape index (κ2) is 9.25. The van der Waals surface area contributed by atoms with Gasteiger partial charge in [0.2, 0.25) is 0 Å². The average molecular weight is 572 g/mol. The van der Waals surface area contributed by atoms with Crippen molar-refractivity contribution in [1.82, 2.24) is 19.3 Å². The molecule has 0 atom stereocenters. The topological polar surface area (TPSA) is 95.3 Å². The number of imidazole rings is 1. The van der Waals surface area contributed by atoms with E-state index in [1.54, 1.807) is 13.1 Å². The number of ether oxygens (including phenoxy) is 1. The first-order valence-electron chi connectivity index (χ1n) is 13.6. The number of amides is 3. The zero-order valence-corrected chi connectivity index (χ0v) is 23.4. The Bertz CT molecular complexity index is 1540. The van der Waals surface area contributed by atoms with Crippen molar-refractivity contribution in [2.24, 2.45) is 0 Å². The minimum atomic E-state index is -4.64. The van der Waals surface area contributed by atoms with Gasteiger partial charge in [-0.2, -0.15) is 13.2 Å². The van der Waals surface area contributed by atoms with Crippen molar-refractivity contribution in [3.05, 3.63) is 47.5 Å². The van der Waals surface area contributed by atoms with Crippen molar-refractivity contribution in [2.75, 3.05) is 41.3 Å². The Balaban J connectivity index is 1.21. The molecule has 0 unspecified atom stereocenters. The van der Waals surface area contributed by atoms with E-state index in [0.717, 1.165) is 30.2 Å². The number of halogens is 3. The molecule has 5 heterocycles. The summed E-state index contributed by atoms with van der Waals surface area (Å²) in [6.07, 6.45) is 1.95. The highest BCUT2D eigenvalue weighted by Gasteiger charge is 2.54. The molecular formula is C28H32F3N7O3. The highest BCUT2D eigenvalue weighted by atomic mass is 19.4. The summed E-state index contributed by atoms with van der Waals surface area (Å²) in [4.78, 5) is 40.2. The van der Waals surface area contributed by atoms with Gasteiger partial charge in [0.25, 0.3) is 0 Å². The molecular weight excluding hydrogens is 539 g/mol. The number of piperazine rings is 1. The maximum Gasteiger partial charge on any atom is 0.420 e. The second-order valence-corrected chi connectivity index (χ2v) is 12.0. The molecule has 1 aliphatic carbocycles. The molecule has 0 bridgehead atoms. The van der Waals surface area contributed by atoms with Gasteiger partial charge in [-0.3, -0.25) is 9.80 Å². The van der Waals surface area contributed by atoms with Gasteiger partial charge in [-0.05, 0) is 59.1 Å². The van der Waals surface area contributed by atoms with Gasteiger partial charge in [-0.25, -0.2) is 19.6 Å². The Labute approximate surface area is 235 Å². The monoisotopic (exact) mass is 571 g/mol. The van der Waals surface area contributed by atoms with Crippen LogP contribution in [0.15, 0.2) is 30.7 Å². The first-order valence-corrected chi connectivity index (χ1v) is 13.6. The number of rotatable bonds is 2. The lowest BCUT2D eigenvalue weighted by atomic mass is 10.1. The van der Waals surface area contributed by atoms with Crippen LogP contribution in [-0.4, -0.2) is 68.7 Å². The summed E-state index contributed by atoms with van der Waals surface area (Å²) in [5.41, 5.74) is 0.312. The van der Waals surface area contributed by atoms with Gasteiger partial charge in [-0.1, -0.05) is 0 Å². The number of urea groups is 1. The van der Waals surface area contributed by atoms with Crippen molar-refractivity contribution in [3.8, 4) is 0 Å². The predicted octanol–water partition coefficient (Wildman–Crippen LogP) is 5.24. The number of nitrogens with zero attached hydrogens (tertiary/aromatic N) is 6. The SMILES string of the molecule is Cc1cn2cc(NC(=O)N3CCc4c(N5CCN(C(=O)OC(C)(C)C)C6(CC6)C5)ccnc43)cc(C(F)(F)F)c2n1. The molecule has 41 heavy (non-hydrogen) atoms. The summed E-state index contributed by atoms with van der Waals surface area (Å²) >= 11 is 0. The van der Waals surface area contributed by atoms with Crippen LogP contribution in [0.5, 0.6) is 0 Å². The third-order valence-electron chi connectivity index (χ3n) is 7.76. The molecule has 2 aliphatic heterocycles. The van der Waals surface area contributed by atoms with Crippen LogP contribution >= 0.6 is 0 Å². The van der Waals surface area contributed by atoms with Crippen LogP contribution in [-0.2, 0) is 17.3 Å². The number of carbonyl (C=O) groups is 2. The molecule has 3 aliphatic rings.